The molecule has 0 spiro atoms. The summed E-state index contributed by atoms with van der Waals surface area (Å²) in [6.07, 6.45) is 9.34. The second-order valence-corrected chi connectivity index (χ2v) is 3.08. The van der Waals surface area contributed by atoms with Crippen LogP contribution in [-0.2, 0) is 0 Å². The van der Waals surface area contributed by atoms with Gasteiger partial charge in [-0.3, -0.25) is 0 Å². The van der Waals surface area contributed by atoms with Gasteiger partial charge in [-0.2, -0.15) is 0 Å². The lowest BCUT2D eigenvalue weighted by Crippen LogP contribution is -1.80. The third-order valence-corrected chi connectivity index (χ3v) is 1.92. The van der Waals surface area contributed by atoms with Gasteiger partial charge in [0.15, 0.2) is 0 Å². The summed E-state index contributed by atoms with van der Waals surface area (Å²) in [6, 6.07) is 0. The molecule has 0 unspecified atom stereocenters. The largest absolute Gasteiger partial charge is 0.0860 e. The van der Waals surface area contributed by atoms with Gasteiger partial charge in [0.25, 0.3) is 0 Å². The molecule has 0 aliphatic heterocycles. The van der Waals surface area contributed by atoms with E-state index in [2.05, 4.69) is 18.2 Å². The first-order chi connectivity index (χ1) is 3.39. The predicted molar refractivity (Wildman–Crippen MR) is 36.4 cm³/mol. The normalized spacial score (nSPS) is 19.7. The molecule has 0 heterocycles. The molecule has 38 valence electrons. The van der Waals surface area contributed by atoms with E-state index in [9.17, 15) is 0 Å². The molecular formula is C6H10Si. The molecule has 0 aromatic heterocycles. The van der Waals surface area contributed by atoms with E-state index < -0.39 is 0 Å². The smallest absolute Gasteiger partial charge is 0.0380 e. The van der Waals surface area contributed by atoms with E-state index >= 15 is 0 Å². The lowest BCUT2D eigenvalue weighted by Gasteiger charge is -1.96. The Morgan fingerprint density at radius 1 is 1.43 bits per heavy atom. The first-order valence-corrected chi connectivity index (χ1v) is 3.73. The zero-order valence-corrected chi connectivity index (χ0v) is 6.65. The first-order valence-electron chi connectivity index (χ1n) is 2.73. The van der Waals surface area contributed by atoms with E-state index in [0.717, 1.165) is 0 Å². The molecular weight excluding hydrogens is 100 g/mol. The minimum Gasteiger partial charge on any atom is -0.0860 e. The molecule has 0 saturated carbocycles. The number of rotatable bonds is 0. The van der Waals surface area contributed by atoms with Gasteiger partial charge in [-0.25, -0.2) is 0 Å². The molecule has 1 aliphatic carbocycles. The van der Waals surface area contributed by atoms with Crippen LogP contribution in [0.5, 0.6) is 0 Å². The highest BCUT2D eigenvalue weighted by Crippen LogP contribution is 2.04. The van der Waals surface area contributed by atoms with Gasteiger partial charge in [-0.05, 0) is 12.8 Å². The van der Waals surface area contributed by atoms with Crippen molar-refractivity contribution in [2.45, 2.75) is 12.8 Å². The van der Waals surface area contributed by atoms with Crippen LogP contribution in [0.3, 0.4) is 0 Å². The molecule has 0 amide bonds. The van der Waals surface area contributed by atoms with Gasteiger partial charge in [-0.15, -0.1) is 0 Å². The maximum absolute atomic E-state index is 2.33. The maximum atomic E-state index is 2.33. The zero-order chi connectivity index (χ0) is 5.11. The fraction of sp³-hybridized carbons (Fsp3) is 0.333. The van der Waals surface area contributed by atoms with Crippen LogP contribution in [0.15, 0.2) is 23.4 Å². The zero-order valence-electron chi connectivity index (χ0n) is 4.65. The summed E-state index contributed by atoms with van der Waals surface area (Å²) in [5.74, 6) is 0. The molecule has 1 heteroatoms. The molecule has 0 nitrogen and oxygen atoms in total. The number of hydrogen-bond acceptors (Lipinski definition) is 0. The van der Waals surface area contributed by atoms with Crippen LogP contribution in [0.4, 0.5) is 0 Å². The Balaban J connectivity index is 2.58. The standard InChI is InChI=1S/C6H10Si/c7-6-4-2-1-3-5-6/h2,4-5H,1,3H2,7H3. The Morgan fingerprint density at radius 3 is 2.57 bits per heavy atom. The Labute approximate surface area is 47.3 Å². The van der Waals surface area contributed by atoms with Gasteiger partial charge >= 0.3 is 0 Å². The average Bonchev–Trinajstić information content (AvgIpc) is 1.69. The van der Waals surface area contributed by atoms with Crippen molar-refractivity contribution in [2.75, 3.05) is 0 Å². The Morgan fingerprint density at radius 2 is 2.29 bits per heavy atom. The van der Waals surface area contributed by atoms with Crippen molar-refractivity contribution >= 4 is 10.2 Å². The van der Waals surface area contributed by atoms with Crippen LogP contribution in [-0.4, -0.2) is 10.2 Å². The minimum atomic E-state index is 1.23. The average molecular weight is 110 g/mol. The minimum absolute atomic E-state index is 1.23. The van der Waals surface area contributed by atoms with Crippen molar-refractivity contribution < 1.29 is 0 Å². The van der Waals surface area contributed by atoms with Crippen molar-refractivity contribution in [1.29, 1.82) is 0 Å². The highest BCUT2D eigenvalue weighted by atomic mass is 28.1. The number of hydrogen-bond donors (Lipinski definition) is 0. The Hall–Kier alpha value is -0.303. The fourth-order valence-electron chi connectivity index (χ4n) is 0.744. The van der Waals surface area contributed by atoms with Gasteiger partial charge in [-0.1, -0.05) is 23.4 Å². The third kappa shape index (κ3) is 1.31. The Bertz CT molecular complexity index is 111. The van der Waals surface area contributed by atoms with Crippen molar-refractivity contribution in [3.05, 3.63) is 23.4 Å². The summed E-state index contributed by atoms with van der Waals surface area (Å²) in [6.45, 7) is 0. The predicted octanol–water partition coefficient (Wildman–Crippen LogP) is 0.586. The van der Waals surface area contributed by atoms with E-state index in [0.29, 0.717) is 0 Å². The number of allylic oxidation sites excluding steroid dienone is 4. The molecule has 0 saturated heterocycles. The maximum Gasteiger partial charge on any atom is 0.0380 e. The summed E-state index contributed by atoms with van der Waals surface area (Å²) in [5.41, 5.74) is 0. The molecule has 0 N–H and O–H groups in total. The van der Waals surface area contributed by atoms with Crippen molar-refractivity contribution in [3.63, 3.8) is 0 Å². The summed E-state index contributed by atoms with van der Waals surface area (Å²) >= 11 is 0. The van der Waals surface area contributed by atoms with Gasteiger partial charge < -0.3 is 0 Å². The van der Waals surface area contributed by atoms with Crippen LogP contribution in [0, 0.1) is 0 Å². The molecule has 1 aliphatic rings. The summed E-state index contributed by atoms with van der Waals surface area (Å²) in [7, 11) is 1.23. The highest BCUT2D eigenvalue weighted by molar-refractivity contribution is 6.23. The van der Waals surface area contributed by atoms with Crippen LogP contribution in [0.1, 0.15) is 12.8 Å². The molecule has 7 heavy (non-hydrogen) atoms. The van der Waals surface area contributed by atoms with E-state index in [1.807, 2.05) is 0 Å². The molecule has 0 bridgehead atoms. The van der Waals surface area contributed by atoms with E-state index in [1.54, 1.807) is 5.20 Å². The van der Waals surface area contributed by atoms with Gasteiger partial charge in [0.05, 0.1) is 0 Å². The third-order valence-electron chi connectivity index (χ3n) is 1.18. The molecule has 0 aromatic rings. The topological polar surface area (TPSA) is 0 Å². The molecule has 0 fully saturated rings. The monoisotopic (exact) mass is 110 g/mol. The first kappa shape index (κ1) is 4.85. The SMILES string of the molecule is [SiH3]C1=CCCC=C1. The fourth-order valence-corrected chi connectivity index (χ4v) is 1.27. The molecule has 1 rings (SSSR count). The molecule has 0 radical (unpaired) electrons. The lowest BCUT2D eigenvalue weighted by molar-refractivity contribution is 1.03. The van der Waals surface area contributed by atoms with Gasteiger partial charge in [0.1, 0.15) is 0 Å². The second-order valence-electron chi connectivity index (χ2n) is 1.93. The van der Waals surface area contributed by atoms with Crippen LogP contribution in [0.25, 0.3) is 0 Å². The van der Waals surface area contributed by atoms with Gasteiger partial charge in [0.2, 0.25) is 0 Å². The Kier molecular flexibility index (Phi) is 1.47. The van der Waals surface area contributed by atoms with Crippen molar-refractivity contribution in [1.82, 2.24) is 0 Å². The van der Waals surface area contributed by atoms with E-state index in [4.69, 9.17) is 0 Å². The highest BCUT2D eigenvalue weighted by Gasteiger charge is 1.86. The lowest BCUT2D eigenvalue weighted by atomic mass is 10.2. The van der Waals surface area contributed by atoms with E-state index in [1.165, 1.54) is 23.1 Å². The summed E-state index contributed by atoms with van der Waals surface area (Å²) in [5, 5.41) is 1.55. The molecule has 0 aromatic carbocycles. The van der Waals surface area contributed by atoms with Gasteiger partial charge in [0, 0.05) is 10.2 Å². The molecule has 0 atom stereocenters. The van der Waals surface area contributed by atoms with E-state index in [-0.39, 0.29) is 0 Å². The van der Waals surface area contributed by atoms with Crippen LogP contribution < -0.4 is 0 Å². The van der Waals surface area contributed by atoms with Crippen LogP contribution in [0.2, 0.25) is 0 Å². The second kappa shape index (κ2) is 2.12. The van der Waals surface area contributed by atoms with Crippen molar-refractivity contribution in [2.24, 2.45) is 0 Å². The van der Waals surface area contributed by atoms with Crippen molar-refractivity contribution in [3.8, 4) is 0 Å². The van der Waals surface area contributed by atoms with Crippen LogP contribution >= 0.6 is 0 Å². The quantitative estimate of drug-likeness (QED) is 0.400. The summed E-state index contributed by atoms with van der Waals surface area (Å²) < 4.78 is 0. The summed E-state index contributed by atoms with van der Waals surface area (Å²) in [4.78, 5) is 0.